The summed E-state index contributed by atoms with van der Waals surface area (Å²) in [6.07, 6.45) is 0. The van der Waals surface area contributed by atoms with Gasteiger partial charge in [0, 0.05) is 0 Å². The molecular weight excluding hydrogens is 272 g/mol. The van der Waals surface area contributed by atoms with E-state index >= 15 is 0 Å². The van der Waals surface area contributed by atoms with Crippen LogP contribution in [0.5, 0.6) is 0 Å². The first kappa shape index (κ1) is 21.1. The van der Waals surface area contributed by atoms with E-state index in [1.807, 2.05) is 41.5 Å². The Bertz CT molecular complexity index is 362. The molecule has 0 radical (unpaired) electrons. The molecule has 0 heterocycles. The predicted molar refractivity (Wildman–Crippen MR) is 96.3 cm³/mol. The lowest BCUT2D eigenvalue weighted by atomic mass is 9.97. The summed E-state index contributed by atoms with van der Waals surface area (Å²) in [4.78, 5) is 10.2. The topological polar surface area (TPSA) is 18.5 Å². The van der Waals surface area contributed by atoms with Crippen molar-refractivity contribution >= 4 is 0 Å². The highest BCUT2D eigenvalue weighted by Crippen LogP contribution is 2.19. The number of benzene rings is 1. The molecule has 2 heteroatoms. The maximum absolute atomic E-state index is 5.09. The van der Waals surface area contributed by atoms with Gasteiger partial charge in [0.2, 0.25) is 0 Å². The van der Waals surface area contributed by atoms with E-state index in [1.165, 1.54) is 11.1 Å². The van der Waals surface area contributed by atoms with Crippen molar-refractivity contribution in [3.8, 4) is 0 Å². The fourth-order valence-corrected chi connectivity index (χ4v) is 1.52. The minimum Gasteiger partial charge on any atom is -0.230 e. The van der Waals surface area contributed by atoms with Crippen LogP contribution in [0.3, 0.4) is 0 Å². The van der Waals surface area contributed by atoms with Crippen LogP contribution < -0.4 is 0 Å². The van der Waals surface area contributed by atoms with E-state index in [0.717, 1.165) is 0 Å². The number of hydrogen-bond acceptors (Lipinski definition) is 2. The average molecular weight is 309 g/mol. The normalized spacial score (nSPS) is 12.4. The molecule has 1 rings (SSSR count). The Labute approximate surface area is 138 Å². The van der Waals surface area contributed by atoms with Crippen molar-refractivity contribution in [2.24, 2.45) is 0 Å². The van der Waals surface area contributed by atoms with Crippen molar-refractivity contribution in [2.45, 2.75) is 92.3 Å². The Morgan fingerprint density at radius 2 is 0.818 bits per heavy atom. The summed E-state index contributed by atoms with van der Waals surface area (Å²) in [7, 11) is 0. The molecule has 22 heavy (non-hydrogen) atoms. The summed E-state index contributed by atoms with van der Waals surface area (Å²) >= 11 is 0. The van der Waals surface area contributed by atoms with Crippen LogP contribution >= 0.6 is 0 Å². The first-order valence-corrected chi connectivity index (χ1v) is 8.28. The Balaban J connectivity index is 0.000000409. The highest BCUT2D eigenvalue weighted by atomic mass is 17.2. The molecule has 0 aliphatic heterocycles. The van der Waals surface area contributed by atoms with Crippen LogP contribution in [-0.2, 0) is 9.78 Å². The zero-order chi connectivity index (χ0) is 17.6. The van der Waals surface area contributed by atoms with E-state index < -0.39 is 0 Å². The van der Waals surface area contributed by atoms with Gasteiger partial charge >= 0.3 is 0 Å². The van der Waals surface area contributed by atoms with Crippen LogP contribution in [0, 0.1) is 0 Å². The van der Waals surface area contributed by atoms with Gasteiger partial charge < -0.3 is 0 Å². The Morgan fingerprint density at radius 3 is 0.955 bits per heavy atom. The molecule has 0 aliphatic carbocycles. The fraction of sp³-hybridized carbons (Fsp3) is 0.700. The molecule has 0 spiro atoms. The molecule has 2 nitrogen and oxygen atoms in total. The van der Waals surface area contributed by atoms with Crippen molar-refractivity contribution in [3.05, 3.63) is 35.4 Å². The molecule has 0 N–H and O–H groups in total. The largest absolute Gasteiger partial charge is 0.230 e. The lowest BCUT2D eigenvalue weighted by Crippen LogP contribution is -2.27. The summed E-state index contributed by atoms with van der Waals surface area (Å²) in [5.41, 5.74) is 2.43. The third-order valence-electron chi connectivity index (χ3n) is 2.81. The number of rotatable bonds is 3. The van der Waals surface area contributed by atoms with Crippen molar-refractivity contribution < 1.29 is 9.78 Å². The highest BCUT2D eigenvalue weighted by molar-refractivity contribution is 5.26. The maximum Gasteiger partial charge on any atom is 0.0952 e. The van der Waals surface area contributed by atoms with Crippen LogP contribution in [-0.4, -0.2) is 11.2 Å². The van der Waals surface area contributed by atoms with E-state index in [0.29, 0.717) is 11.8 Å². The van der Waals surface area contributed by atoms with Gasteiger partial charge in [-0.2, -0.15) is 0 Å². The molecule has 1 aromatic rings. The Kier molecular flexibility index (Phi) is 8.35. The molecule has 0 fully saturated rings. The van der Waals surface area contributed by atoms with Crippen molar-refractivity contribution in [1.82, 2.24) is 0 Å². The zero-order valence-corrected chi connectivity index (χ0v) is 16.3. The van der Waals surface area contributed by atoms with Gasteiger partial charge in [0.25, 0.3) is 0 Å². The minimum absolute atomic E-state index is 0.215. The summed E-state index contributed by atoms with van der Waals surface area (Å²) in [6.45, 7) is 20.6. The summed E-state index contributed by atoms with van der Waals surface area (Å²) < 4.78 is 0. The van der Waals surface area contributed by atoms with E-state index in [9.17, 15) is 0 Å². The van der Waals surface area contributed by atoms with Gasteiger partial charge in [0.15, 0.2) is 0 Å². The van der Waals surface area contributed by atoms with Crippen molar-refractivity contribution in [1.29, 1.82) is 0 Å². The lowest BCUT2D eigenvalue weighted by Gasteiger charge is -2.24. The minimum atomic E-state index is -0.215. The summed E-state index contributed by atoms with van der Waals surface area (Å²) in [5, 5.41) is 0. The van der Waals surface area contributed by atoms with Gasteiger partial charge in [-0.1, -0.05) is 52.0 Å². The molecule has 128 valence electrons. The monoisotopic (exact) mass is 308 g/mol. The summed E-state index contributed by atoms with van der Waals surface area (Å²) in [5.74, 6) is 1.29. The third-order valence-corrected chi connectivity index (χ3v) is 2.81. The molecule has 0 unspecified atom stereocenters. The molecule has 1 aromatic carbocycles. The molecule has 0 bridgehead atoms. The lowest BCUT2D eigenvalue weighted by molar-refractivity contribution is -0.393. The van der Waals surface area contributed by atoms with E-state index in [-0.39, 0.29) is 11.2 Å². The van der Waals surface area contributed by atoms with E-state index in [1.54, 1.807) is 0 Å². The van der Waals surface area contributed by atoms with Crippen LogP contribution in [0.1, 0.15) is 92.2 Å². The molecule has 0 saturated heterocycles. The standard InChI is InChI=1S/C12H18.C8H18O2/c1-9(2)11-5-7-12(8-6-11)10(3)4;1-7(2,3)9-10-8(4,5)6/h5-10H,1-4H3;1-6H3. The smallest absolute Gasteiger partial charge is 0.0952 e. The average Bonchev–Trinajstić information content (AvgIpc) is 2.36. The Morgan fingerprint density at radius 1 is 0.591 bits per heavy atom. The van der Waals surface area contributed by atoms with Crippen LogP contribution in [0.4, 0.5) is 0 Å². The van der Waals surface area contributed by atoms with Gasteiger partial charge in [-0.15, -0.1) is 0 Å². The first-order valence-electron chi connectivity index (χ1n) is 8.28. The van der Waals surface area contributed by atoms with Gasteiger partial charge in [-0.25, -0.2) is 9.78 Å². The highest BCUT2D eigenvalue weighted by Gasteiger charge is 2.18. The molecule has 0 amide bonds. The van der Waals surface area contributed by atoms with Crippen molar-refractivity contribution in [3.63, 3.8) is 0 Å². The SMILES string of the molecule is CC(C)(C)OOC(C)(C)C.CC(C)c1ccc(C(C)C)cc1. The second kappa shape index (κ2) is 8.69. The fourth-order valence-electron chi connectivity index (χ4n) is 1.52. The first-order chi connectivity index (χ1) is 9.82. The second-order valence-corrected chi connectivity index (χ2v) is 8.37. The molecule has 0 aromatic heterocycles. The van der Waals surface area contributed by atoms with Gasteiger partial charge in [-0.3, -0.25) is 0 Å². The summed E-state index contributed by atoms with van der Waals surface area (Å²) in [6, 6.07) is 8.94. The molecule has 0 aliphatic rings. The third kappa shape index (κ3) is 10.8. The predicted octanol–water partition coefficient (Wildman–Crippen LogP) is 6.47. The van der Waals surface area contributed by atoms with Crippen LogP contribution in [0.15, 0.2) is 24.3 Å². The zero-order valence-electron chi connectivity index (χ0n) is 16.3. The van der Waals surface area contributed by atoms with Gasteiger partial charge in [0.1, 0.15) is 0 Å². The van der Waals surface area contributed by atoms with Crippen molar-refractivity contribution in [2.75, 3.05) is 0 Å². The molecular formula is C20H36O2. The van der Waals surface area contributed by atoms with Crippen LogP contribution in [0.25, 0.3) is 0 Å². The number of hydrogen-bond donors (Lipinski definition) is 0. The van der Waals surface area contributed by atoms with Gasteiger partial charge in [0.05, 0.1) is 11.2 Å². The maximum atomic E-state index is 5.09. The quantitative estimate of drug-likeness (QED) is 0.471. The van der Waals surface area contributed by atoms with E-state index in [4.69, 9.17) is 9.78 Å². The second-order valence-electron chi connectivity index (χ2n) is 8.37. The molecule has 0 saturated carbocycles. The van der Waals surface area contributed by atoms with Gasteiger partial charge in [-0.05, 0) is 64.5 Å². The molecule has 0 atom stereocenters. The Hall–Kier alpha value is -0.860. The van der Waals surface area contributed by atoms with Crippen LogP contribution in [0.2, 0.25) is 0 Å². The van der Waals surface area contributed by atoms with E-state index in [2.05, 4.69) is 52.0 Å².